The fraction of sp³-hybridized carbons (Fsp3) is 0.583. The van der Waals surface area contributed by atoms with Crippen LogP contribution in [-0.2, 0) is 11.3 Å². The number of hydrogen-bond donors (Lipinski definition) is 2. The summed E-state index contributed by atoms with van der Waals surface area (Å²) in [5.74, 6) is 0. The summed E-state index contributed by atoms with van der Waals surface area (Å²) in [6.45, 7) is 7.74. The van der Waals surface area contributed by atoms with Gasteiger partial charge in [-0.05, 0) is 55.1 Å². The lowest BCUT2D eigenvalue weighted by Gasteiger charge is -2.33. The van der Waals surface area contributed by atoms with Crippen LogP contribution in [-0.4, -0.2) is 65.3 Å². The number of aryl methyl sites for hydroxylation is 1. The molecule has 6 nitrogen and oxygen atoms in total. The van der Waals surface area contributed by atoms with Crippen LogP contribution in [0.25, 0.3) is 10.9 Å². The van der Waals surface area contributed by atoms with Gasteiger partial charge in [0.15, 0.2) is 5.11 Å². The van der Waals surface area contributed by atoms with E-state index in [1.165, 1.54) is 32.1 Å². The smallest absolute Gasteiger partial charge is 0.253 e. The Morgan fingerprint density at radius 2 is 2.00 bits per heavy atom. The molecule has 2 aliphatic rings. The molecule has 1 saturated carbocycles. The summed E-state index contributed by atoms with van der Waals surface area (Å²) in [5.41, 5.74) is 2.75. The molecule has 168 valence electrons. The molecule has 2 N–H and O–H groups in total. The van der Waals surface area contributed by atoms with Gasteiger partial charge in [0.25, 0.3) is 5.56 Å². The van der Waals surface area contributed by atoms with Crippen LogP contribution in [0.2, 0.25) is 0 Å². The first-order valence-corrected chi connectivity index (χ1v) is 12.0. The van der Waals surface area contributed by atoms with E-state index in [9.17, 15) is 4.79 Å². The second-order valence-corrected chi connectivity index (χ2v) is 9.26. The number of hydrogen-bond acceptors (Lipinski definition) is 4. The van der Waals surface area contributed by atoms with Gasteiger partial charge >= 0.3 is 0 Å². The molecule has 7 heteroatoms. The molecule has 4 rings (SSSR count). The lowest BCUT2D eigenvalue weighted by Crippen LogP contribution is -2.48. The van der Waals surface area contributed by atoms with Crippen LogP contribution >= 0.6 is 12.2 Å². The maximum absolute atomic E-state index is 12.8. The van der Waals surface area contributed by atoms with Gasteiger partial charge in [0.05, 0.1) is 19.8 Å². The zero-order chi connectivity index (χ0) is 21.6. The molecule has 0 amide bonds. The normalized spacial score (nSPS) is 18.2. The number of H-pyrrole nitrogens is 1. The van der Waals surface area contributed by atoms with Gasteiger partial charge in [-0.15, -0.1) is 0 Å². The SMILES string of the molecule is Cc1ccc2cc(CN(CCN3CCOCC3)C(=S)NC3CCCCC3)c(=O)[nH]c2c1. The van der Waals surface area contributed by atoms with Crippen molar-refractivity contribution in [2.24, 2.45) is 0 Å². The van der Waals surface area contributed by atoms with Crippen LogP contribution < -0.4 is 10.9 Å². The highest BCUT2D eigenvalue weighted by Gasteiger charge is 2.20. The topological polar surface area (TPSA) is 60.6 Å². The van der Waals surface area contributed by atoms with Crippen molar-refractivity contribution in [1.82, 2.24) is 20.1 Å². The average molecular weight is 443 g/mol. The summed E-state index contributed by atoms with van der Waals surface area (Å²) in [7, 11) is 0. The standard InChI is InChI=1S/C24H34N4O2S/c1-18-7-8-19-16-20(23(29)26-22(19)15-18)17-28(10-9-27-11-13-30-14-12-27)24(31)25-21-5-3-2-4-6-21/h7-8,15-16,21H,2-6,9-14,17H2,1H3,(H,25,31)(H,26,29). The molecule has 31 heavy (non-hydrogen) atoms. The second kappa shape index (κ2) is 10.6. The van der Waals surface area contributed by atoms with E-state index in [-0.39, 0.29) is 5.56 Å². The molecule has 0 spiro atoms. The van der Waals surface area contributed by atoms with Crippen LogP contribution in [0.3, 0.4) is 0 Å². The van der Waals surface area contributed by atoms with Gasteiger partial charge in [0.1, 0.15) is 0 Å². The van der Waals surface area contributed by atoms with Crippen LogP contribution in [0.1, 0.15) is 43.2 Å². The molecule has 1 aliphatic heterocycles. The van der Waals surface area contributed by atoms with Gasteiger partial charge < -0.3 is 19.9 Å². The Labute approximate surface area is 189 Å². The number of nitrogens with zero attached hydrogens (tertiary/aromatic N) is 2. The van der Waals surface area contributed by atoms with Crippen molar-refractivity contribution in [3.8, 4) is 0 Å². The minimum absolute atomic E-state index is 0.0325. The zero-order valence-corrected chi connectivity index (χ0v) is 19.3. The summed E-state index contributed by atoms with van der Waals surface area (Å²) in [6.07, 6.45) is 6.19. The Morgan fingerprint density at radius 3 is 2.77 bits per heavy atom. The molecule has 1 aromatic carbocycles. The number of pyridine rings is 1. The first kappa shape index (κ1) is 22.2. The van der Waals surface area contributed by atoms with E-state index < -0.39 is 0 Å². The van der Waals surface area contributed by atoms with Crippen molar-refractivity contribution in [2.45, 2.75) is 51.6 Å². The quantitative estimate of drug-likeness (QED) is 0.670. The molecule has 0 bridgehead atoms. The first-order chi connectivity index (χ1) is 15.1. The van der Waals surface area contributed by atoms with Gasteiger partial charge in [-0.3, -0.25) is 9.69 Å². The Hall–Kier alpha value is -1.96. The Balaban J connectivity index is 1.50. The number of aromatic nitrogens is 1. The summed E-state index contributed by atoms with van der Waals surface area (Å²) in [4.78, 5) is 20.5. The number of nitrogens with one attached hydrogen (secondary N) is 2. The van der Waals surface area contributed by atoms with E-state index >= 15 is 0 Å². The molecule has 1 saturated heterocycles. The fourth-order valence-electron chi connectivity index (χ4n) is 4.54. The minimum Gasteiger partial charge on any atom is -0.379 e. The molecule has 2 fully saturated rings. The number of benzene rings is 1. The number of aromatic amines is 1. The second-order valence-electron chi connectivity index (χ2n) is 8.87. The van der Waals surface area contributed by atoms with Crippen molar-refractivity contribution in [1.29, 1.82) is 0 Å². The lowest BCUT2D eigenvalue weighted by atomic mass is 9.96. The van der Waals surface area contributed by atoms with Gasteiger partial charge in [-0.25, -0.2) is 0 Å². The van der Waals surface area contributed by atoms with E-state index in [0.717, 1.165) is 66.5 Å². The highest BCUT2D eigenvalue weighted by Crippen LogP contribution is 2.18. The van der Waals surface area contributed by atoms with Crippen molar-refractivity contribution in [2.75, 3.05) is 39.4 Å². The van der Waals surface area contributed by atoms with E-state index in [0.29, 0.717) is 12.6 Å². The third-order valence-corrected chi connectivity index (χ3v) is 6.83. The summed E-state index contributed by atoms with van der Waals surface area (Å²) in [6, 6.07) is 8.63. The predicted molar refractivity (Wildman–Crippen MR) is 130 cm³/mol. The Bertz CT molecular complexity index is 948. The van der Waals surface area contributed by atoms with E-state index in [1.807, 2.05) is 19.1 Å². The molecule has 0 radical (unpaired) electrons. The van der Waals surface area contributed by atoms with Crippen molar-refractivity contribution in [3.63, 3.8) is 0 Å². The number of thiocarbonyl (C=S) groups is 1. The van der Waals surface area contributed by atoms with Crippen molar-refractivity contribution >= 4 is 28.2 Å². The third-order valence-electron chi connectivity index (χ3n) is 6.45. The highest BCUT2D eigenvalue weighted by molar-refractivity contribution is 7.80. The summed E-state index contributed by atoms with van der Waals surface area (Å²) < 4.78 is 5.48. The highest BCUT2D eigenvalue weighted by atomic mass is 32.1. The molecule has 2 heterocycles. The monoisotopic (exact) mass is 442 g/mol. The molecular weight excluding hydrogens is 408 g/mol. The van der Waals surface area contributed by atoms with Gasteiger partial charge in [-0.2, -0.15) is 0 Å². The van der Waals surface area contributed by atoms with Crippen molar-refractivity contribution in [3.05, 3.63) is 45.7 Å². The molecule has 1 aromatic heterocycles. The third kappa shape index (κ3) is 6.05. The number of ether oxygens (including phenoxy) is 1. The van der Waals surface area contributed by atoms with Gasteiger partial charge in [-0.1, -0.05) is 31.4 Å². The molecule has 0 unspecified atom stereocenters. The van der Waals surface area contributed by atoms with Crippen LogP contribution in [0.15, 0.2) is 29.1 Å². The van der Waals surface area contributed by atoms with Crippen LogP contribution in [0, 0.1) is 6.92 Å². The summed E-state index contributed by atoms with van der Waals surface area (Å²) in [5, 5.41) is 5.42. The number of morpholine rings is 1. The van der Waals surface area contributed by atoms with Crippen LogP contribution in [0.5, 0.6) is 0 Å². The van der Waals surface area contributed by atoms with Crippen molar-refractivity contribution < 1.29 is 4.74 Å². The minimum atomic E-state index is -0.0325. The maximum Gasteiger partial charge on any atom is 0.253 e. The molecule has 2 aromatic rings. The van der Waals surface area contributed by atoms with Crippen LogP contribution in [0.4, 0.5) is 0 Å². The van der Waals surface area contributed by atoms with E-state index in [2.05, 4.69) is 32.2 Å². The lowest BCUT2D eigenvalue weighted by molar-refractivity contribution is 0.0356. The van der Waals surface area contributed by atoms with E-state index in [4.69, 9.17) is 17.0 Å². The van der Waals surface area contributed by atoms with Gasteiger partial charge in [0, 0.05) is 43.3 Å². The maximum atomic E-state index is 12.8. The predicted octanol–water partition coefficient (Wildman–Crippen LogP) is 3.18. The Morgan fingerprint density at radius 1 is 1.23 bits per heavy atom. The first-order valence-electron chi connectivity index (χ1n) is 11.6. The largest absolute Gasteiger partial charge is 0.379 e. The zero-order valence-electron chi connectivity index (χ0n) is 18.5. The number of fused-ring (bicyclic) bond motifs is 1. The van der Waals surface area contributed by atoms with E-state index in [1.54, 1.807) is 0 Å². The Kier molecular flexibility index (Phi) is 7.58. The molecule has 0 atom stereocenters. The van der Waals surface area contributed by atoms with Gasteiger partial charge in [0.2, 0.25) is 0 Å². The summed E-state index contributed by atoms with van der Waals surface area (Å²) >= 11 is 5.84. The average Bonchev–Trinajstić information content (AvgIpc) is 2.78. The fourth-order valence-corrected chi connectivity index (χ4v) is 4.86. The molecule has 1 aliphatic carbocycles. The molecular formula is C24H34N4O2S. The number of rotatable bonds is 6.